The van der Waals surface area contributed by atoms with Crippen molar-refractivity contribution in [1.29, 1.82) is 0 Å². The quantitative estimate of drug-likeness (QED) is 0.749. The molecule has 4 rings (SSSR count). The van der Waals surface area contributed by atoms with E-state index in [9.17, 15) is 23.6 Å². The minimum absolute atomic E-state index is 0.0615. The van der Waals surface area contributed by atoms with E-state index < -0.39 is 29.8 Å². The summed E-state index contributed by atoms with van der Waals surface area (Å²) in [6.45, 7) is 3.07. The molecule has 0 unspecified atom stereocenters. The molecule has 1 saturated heterocycles. The van der Waals surface area contributed by atoms with Crippen LogP contribution in [0.15, 0.2) is 12.1 Å². The Morgan fingerprint density at radius 1 is 1.21 bits per heavy atom. The summed E-state index contributed by atoms with van der Waals surface area (Å²) in [5, 5.41) is 0. The Kier molecular flexibility index (Phi) is 4.76. The monoisotopic (exact) mass is 403 g/mol. The molecule has 2 fully saturated rings. The summed E-state index contributed by atoms with van der Waals surface area (Å²) in [4.78, 5) is 51.6. The van der Waals surface area contributed by atoms with Crippen molar-refractivity contribution in [2.45, 2.75) is 39.2 Å². The van der Waals surface area contributed by atoms with Crippen molar-refractivity contribution in [3.8, 4) is 0 Å². The predicted octanol–water partition coefficient (Wildman–Crippen LogP) is 1.84. The molecule has 154 valence electrons. The summed E-state index contributed by atoms with van der Waals surface area (Å²) in [5.74, 6) is -1.13. The molecule has 2 heterocycles. The van der Waals surface area contributed by atoms with Crippen LogP contribution in [0.5, 0.6) is 0 Å². The zero-order chi connectivity index (χ0) is 20.9. The molecule has 0 radical (unpaired) electrons. The van der Waals surface area contributed by atoms with E-state index in [1.54, 1.807) is 6.07 Å². The fourth-order valence-electron chi connectivity index (χ4n) is 3.88. The number of anilines is 2. The number of hydrogen-bond acceptors (Lipinski definition) is 5. The van der Waals surface area contributed by atoms with Crippen LogP contribution in [0.3, 0.4) is 0 Å². The third-order valence-corrected chi connectivity index (χ3v) is 5.51. The van der Waals surface area contributed by atoms with Crippen LogP contribution in [0.4, 0.5) is 20.6 Å². The zero-order valence-electron chi connectivity index (χ0n) is 16.3. The molecule has 1 saturated carbocycles. The number of halogens is 1. The van der Waals surface area contributed by atoms with E-state index in [0.29, 0.717) is 29.4 Å². The van der Waals surface area contributed by atoms with E-state index in [1.807, 2.05) is 0 Å². The molecule has 2 aliphatic heterocycles. The number of carbonyl (C=O) groups excluding carboxylic acids is 4. The first-order chi connectivity index (χ1) is 13.7. The first-order valence-electron chi connectivity index (χ1n) is 9.64. The maximum Gasteiger partial charge on any atom is 0.414 e. The van der Waals surface area contributed by atoms with Gasteiger partial charge in [0.05, 0.1) is 30.9 Å². The molecule has 0 bridgehead atoms. The summed E-state index contributed by atoms with van der Waals surface area (Å²) >= 11 is 0. The van der Waals surface area contributed by atoms with Crippen molar-refractivity contribution in [3.63, 3.8) is 0 Å². The summed E-state index contributed by atoms with van der Waals surface area (Å²) < 4.78 is 20.1. The second-order valence-electron chi connectivity index (χ2n) is 7.82. The number of nitrogens with zero attached hydrogens (tertiary/aromatic N) is 3. The molecule has 8 nitrogen and oxygen atoms in total. The molecular formula is C20H22FN3O5. The number of carbonyl (C=O) groups is 4. The lowest BCUT2D eigenvalue weighted by Crippen LogP contribution is -2.40. The molecule has 9 heteroatoms. The molecule has 1 atom stereocenters. The van der Waals surface area contributed by atoms with Crippen molar-refractivity contribution in [1.82, 2.24) is 4.90 Å². The fraction of sp³-hybridized carbons (Fsp3) is 0.500. The van der Waals surface area contributed by atoms with Gasteiger partial charge in [0.1, 0.15) is 11.9 Å². The maximum atomic E-state index is 14.9. The zero-order valence-corrected chi connectivity index (χ0v) is 16.3. The molecule has 0 aromatic heterocycles. The number of amides is 4. The average Bonchev–Trinajstić information content (AvgIpc) is 3.29. The molecular weight excluding hydrogens is 381 g/mol. The van der Waals surface area contributed by atoms with E-state index in [4.69, 9.17) is 4.74 Å². The van der Waals surface area contributed by atoms with Gasteiger partial charge in [-0.05, 0) is 36.5 Å². The smallest absolute Gasteiger partial charge is 0.414 e. The lowest BCUT2D eigenvalue weighted by atomic mass is 10.1. The number of hydrogen-bond donors (Lipinski definition) is 0. The topological polar surface area (TPSA) is 87.2 Å². The van der Waals surface area contributed by atoms with Gasteiger partial charge in [-0.2, -0.15) is 0 Å². The van der Waals surface area contributed by atoms with E-state index in [2.05, 4.69) is 0 Å². The summed E-state index contributed by atoms with van der Waals surface area (Å²) in [6.07, 6.45) is 0.816. The Hall–Kier alpha value is -2.97. The molecule has 0 spiro atoms. The molecule has 0 N–H and O–H groups in total. The van der Waals surface area contributed by atoms with Crippen LogP contribution >= 0.6 is 0 Å². The minimum Gasteiger partial charge on any atom is -0.442 e. The van der Waals surface area contributed by atoms with Gasteiger partial charge in [0.25, 0.3) is 0 Å². The van der Waals surface area contributed by atoms with Gasteiger partial charge < -0.3 is 9.64 Å². The summed E-state index contributed by atoms with van der Waals surface area (Å²) in [7, 11) is 0. The molecule has 4 amide bonds. The number of fused-ring (bicyclic) bond motifs is 1. The van der Waals surface area contributed by atoms with Gasteiger partial charge in [0, 0.05) is 20.4 Å². The molecule has 1 aromatic carbocycles. The predicted molar refractivity (Wildman–Crippen MR) is 101 cm³/mol. The van der Waals surface area contributed by atoms with Gasteiger partial charge in [-0.1, -0.05) is 0 Å². The third kappa shape index (κ3) is 3.68. The maximum absolute atomic E-state index is 14.9. The second kappa shape index (κ2) is 7.13. The van der Waals surface area contributed by atoms with Crippen molar-refractivity contribution in [2.75, 3.05) is 29.4 Å². The molecule has 1 aliphatic carbocycles. The van der Waals surface area contributed by atoms with Crippen LogP contribution in [0, 0.1) is 11.7 Å². The normalized spacial score (nSPS) is 20.7. The molecule has 3 aliphatic rings. The standard InChI is InChI=1S/C20H22FN3O5/c1-11(25)22(12(2)26)9-16-10-23(20(28)29-16)15-5-14-6-18(27)24(8-13-3-4-13)19(14)17(21)7-15/h5,7,13,16H,3-4,6,8-10H2,1-2H3/t16-/m0/s1. The Labute approximate surface area is 167 Å². The van der Waals surface area contributed by atoms with Crippen LogP contribution in [0.2, 0.25) is 0 Å². The van der Waals surface area contributed by atoms with Gasteiger partial charge >= 0.3 is 6.09 Å². The first kappa shape index (κ1) is 19.4. The SMILES string of the molecule is CC(=O)N(C[C@H]1CN(c2cc(F)c3c(c2)CC(=O)N3CC2CC2)C(=O)O1)C(C)=O. The second-order valence-corrected chi connectivity index (χ2v) is 7.82. The van der Waals surface area contributed by atoms with Gasteiger partial charge in [0.15, 0.2) is 0 Å². The number of rotatable bonds is 5. The fourth-order valence-corrected chi connectivity index (χ4v) is 3.88. The molecule has 29 heavy (non-hydrogen) atoms. The number of cyclic esters (lactones) is 1. The Balaban J connectivity index is 1.53. The summed E-state index contributed by atoms with van der Waals surface area (Å²) in [5.41, 5.74) is 1.15. The van der Waals surface area contributed by atoms with Crippen molar-refractivity contribution < 1.29 is 28.3 Å². The van der Waals surface area contributed by atoms with Crippen molar-refractivity contribution in [3.05, 3.63) is 23.5 Å². The summed E-state index contributed by atoms with van der Waals surface area (Å²) in [6, 6.07) is 2.87. The van der Waals surface area contributed by atoms with E-state index in [1.165, 1.54) is 29.7 Å². The van der Waals surface area contributed by atoms with Gasteiger partial charge in [-0.3, -0.25) is 24.2 Å². The lowest BCUT2D eigenvalue weighted by Gasteiger charge is -2.20. The highest BCUT2D eigenvalue weighted by molar-refractivity contribution is 6.02. The number of ether oxygens (including phenoxy) is 1. The van der Waals surface area contributed by atoms with Gasteiger partial charge in [-0.25, -0.2) is 9.18 Å². The van der Waals surface area contributed by atoms with E-state index in [0.717, 1.165) is 17.7 Å². The van der Waals surface area contributed by atoms with Crippen LogP contribution in [0.25, 0.3) is 0 Å². The van der Waals surface area contributed by atoms with Crippen LogP contribution < -0.4 is 9.80 Å². The highest BCUT2D eigenvalue weighted by Gasteiger charge is 2.38. The van der Waals surface area contributed by atoms with Gasteiger partial charge in [-0.15, -0.1) is 0 Å². The average molecular weight is 403 g/mol. The van der Waals surface area contributed by atoms with Gasteiger partial charge in [0.2, 0.25) is 17.7 Å². The first-order valence-corrected chi connectivity index (χ1v) is 9.64. The third-order valence-electron chi connectivity index (χ3n) is 5.51. The molecule has 1 aromatic rings. The number of imide groups is 1. The van der Waals surface area contributed by atoms with Crippen molar-refractivity contribution in [2.24, 2.45) is 5.92 Å². The minimum atomic E-state index is -0.709. The van der Waals surface area contributed by atoms with Crippen molar-refractivity contribution >= 4 is 35.2 Å². The Morgan fingerprint density at radius 3 is 2.52 bits per heavy atom. The van der Waals surface area contributed by atoms with E-state index in [-0.39, 0.29) is 25.4 Å². The van der Waals surface area contributed by atoms with E-state index >= 15 is 0 Å². The highest BCUT2D eigenvalue weighted by atomic mass is 19.1. The Morgan fingerprint density at radius 2 is 1.90 bits per heavy atom. The largest absolute Gasteiger partial charge is 0.442 e. The van der Waals surface area contributed by atoms with Crippen LogP contribution in [0.1, 0.15) is 32.3 Å². The lowest BCUT2D eigenvalue weighted by molar-refractivity contribution is -0.143. The highest BCUT2D eigenvalue weighted by Crippen LogP contribution is 2.39. The van der Waals surface area contributed by atoms with Crippen LogP contribution in [-0.4, -0.2) is 54.5 Å². The Bertz CT molecular complexity index is 900. The van der Waals surface area contributed by atoms with Crippen LogP contribution in [-0.2, 0) is 25.5 Å². The number of benzene rings is 1.